The molecule has 0 radical (unpaired) electrons. The van der Waals surface area contributed by atoms with Gasteiger partial charge in [0.2, 0.25) is 5.91 Å². The summed E-state index contributed by atoms with van der Waals surface area (Å²) in [6, 6.07) is 0. The molecule has 0 aromatic rings. The van der Waals surface area contributed by atoms with Gasteiger partial charge < -0.3 is 15.2 Å². The summed E-state index contributed by atoms with van der Waals surface area (Å²) in [7, 11) is 0. The van der Waals surface area contributed by atoms with Crippen LogP contribution in [0, 0.1) is 0 Å². The van der Waals surface area contributed by atoms with E-state index in [1.165, 1.54) is 0 Å². The number of ether oxygens (including phenoxy) is 1. The first-order valence-corrected chi connectivity index (χ1v) is 5.23. The molecule has 88 valence electrons. The zero-order valence-electron chi connectivity index (χ0n) is 9.12. The van der Waals surface area contributed by atoms with Crippen LogP contribution < -0.4 is 5.32 Å². The van der Waals surface area contributed by atoms with Gasteiger partial charge in [0.25, 0.3) is 0 Å². The lowest BCUT2D eigenvalue weighted by Gasteiger charge is -2.04. The van der Waals surface area contributed by atoms with Gasteiger partial charge in [-0.1, -0.05) is 0 Å². The van der Waals surface area contributed by atoms with Gasteiger partial charge in [0.1, 0.15) is 0 Å². The Morgan fingerprint density at radius 2 is 2.00 bits per heavy atom. The number of carboxylic acid groups (broad SMARTS) is 1. The van der Waals surface area contributed by atoms with Crippen LogP contribution in [0.3, 0.4) is 0 Å². The Labute approximate surface area is 89.8 Å². The quantitative estimate of drug-likeness (QED) is 0.560. The summed E-state index contributed by atoms with van der Waals surface area (Å²) in [5, 5.41) is 11.1. The van der Waals surface area contributed by atoms with Crippen LogP contribution in [-0.4, -0.2) is 36.7 Å². The Morgan fingerprint density at radius 3 is 2.60 bits per heavy atom. The first kappa shape index (κ1) is 13.9. The maximum atomic E-state index is 11.1. The zero-order valence-corrected chi connectivity index (χ0v) is 9.12. The molecule has 0 unspecified atom stereocenters. The highest BCUT2D eigenvalue weighted by Gasteiger charge is 2.02. The molecule has 15 heavy (non-hydrogen) atoms. The molecule has 0 bridgehead atoms. The third kappa shape index (κ3) is 10.8. The molecule has 0 rings (SSSR count). The van der Waals surface area contributed by atoms with Gasteiger partial charge in [0.15, 0.2) is 0 Å². The van der Waals surface area contributed by atoms with E-state index in [0.29, 0.717) is 26.2 Å². The van der Waals surface area contributed by atoms with Crippen molar-refractivity contribution in [3.8, 4) is 0 Å². The van der Waals surface area contributed by atoms with E-state index in [-0.39, 0.29) is 18.7 Å². The molecule has 5 heteroatoms. The molecule has 5 nitrogen and oxygen atoms in total. The van der Waals surface area contributed by atoms with E-state index in [9.17, 15) is 9.59 Å². The molecule has 0 aliphatic carbocycles. The summed E-state index contributed by atoms with van der Waals surface area (Å²) in [4.78, 5) is 21.3. The van der Waals surface area contributed by atoms with E-state index in [4.69, 9.17) is 9.84 Å². The molecule has 0 saturated heterocycles. The summed E-state index contributed by atoms with van der Waals surface area (Å²) in [5.74, 6) is -0.952. The highest BCUT2D eigenvalue weighted by molar-refractivity contribution is 5.76. The average molecular weight is 217 g/mol. The fourth-order valence-corrected chi connectivity index (χ4v) is 1.03. The predicted octanol–water partition coefficient (Wildman–Crippen LogP) is 0.784. The number of carbonyl (C=O) groups is 2. The van der Waals surface area contributed by atoms with Gasteiger partial charge in [-0.05, 0) is 19.8 Å². The van der Waals surface area contributed by atoms with E-state index < -0.39 is 5.97 Å². The summed E-state index contributed by atoms with van der Waals surface area (Å²) in [5.41, 5.74) is 0. The molecular weight excluding hydrogens is 198 g/mol. The second-order valence-corrected chi connectivity index (χ2v) is 3.15. The molecule has 0 atom stereocenters. The van der Waals surface area contributed by atoms with Crippen molar-refractivity contribution in [2.24, 2.45) is 0 Å². The maximum absolute atomic E-state index is 11.1. The lowest BCUT2D eigenvalue weighted by atomic mass is 10.2. The fourth-order valence-electron chi connectivity index (χ4n) is 1.03. The number of amides is 1. The minimum absolute atomic E-state index is 0.0480. The molecule has 0 heterocycles. The van der Waals surface area contributed by atoms with Crippen LogP contribution in [0.2, 0.25) is 0 Å². The Kier molecular flexibility index (Phi) is 8.76. The molecule has 0 aliphatic heterocycles. The number of aliphatic carboxylic acids is 1. The van der Waals surface area contributed by atoms with Crippen molar-refractivity contribution in [1.29, 1.82) is 0 Å². The smallest absolute Gasteiger partial charge is 0.303 e. The first-order chi connectivity index (χ1) is 7.16. The number of nitrogens with one attached hydrogen (secondary N) is 1. The standard InChI is InChI=1S/C10H19NO4/c1-2-15-8-4-7-11-9(12)5-3-6-10(13)14/h2-8H2,1H3,(H,11,12)(H,13,14). The van der Waals surface area contributed by atoms with E-state index in [1.807, 2.05) is 6.92 Å². The summed E-state index contributed by atoms with van der Waals surface area (Å²) in [6.45, 7) is 3.84. The first-order valence-electron chi connectivity index (χ1n) is 5.23. The molecule has 0 aliphatic rings. The third-order valence-electron chi connectivity index (χ3n) is 1.79. The van der Waals surface area contributed by atoms with E-state index >= 15 is 0 Å². The SMILES string of the molecule is CCOCCCNC(=O)CCCC(=O)O. The van der Waals surface area contributed by atoms with Gasteiger partial charge >= 0.3 is 5.97 Å². The number of hydrogen-bond donors (Lipinski definition) is 2. The predicted molar refractivity (Wildman–Crippen MR) is 55.6 cm³/mol. The highest BCUT2D eigenvalue weighted by atomic mass is 16.5. The lowest BCUT2D eigenvalue weighted by molar-refractivity contribution is -0.137. The van der Waals surface area contributed by atoms with Crippen LogP contribution in [0.4, 0.5) is 0 Å². The molecular formula is C10H19NO4. The molecule has 0 aromatic heterocycles. The molecule has 0 fully saturated rings. The van der Waals surface area contributed by atoms with E-state index in [0.717, 1.165) is 6.42 Å². The monoisotopic (exact) mass is 217 g/mol. The van der Waals surface area contributed by atoms with Gasteiger partial charge in [-0.15, -0.1) is 0 Å². The van der Waals surface area contributed by atoms with Crippen molar-refractivity contribution in [1.82, 2.24) is 5.32 Å². The minimum Gasteiger partial charge on any atom is -0.481 e. The van der Waals surface area contributed by atoms with Gasteiger partial charge in [-0.2, -0.15) is 0 Å². The summed E-state index contributed by atoms with van der Waals surface area (Å²) in [6.07, 6.45) is 1.51. The van der Waals surface area contributed by atoms with Crippen LogP contribution in [0.25, 0.3) is 0 Å². The fraction of sp³-hybridized carbons (Fsp3) is 0.800. The summed E-state index contributed by atoms with van der Waals surface area (Å²) >= 11 is 0. The van der Waals surface area contributed by atoms with E-state index in [1.54, 1.807) is 0 Å². The third-order valence-corrected chi connectivity index (χ3v) is 1.79. The highest BCUT2D eigenvalue weighted by Crippen LogP contribution is 1.94. The Hall–Kier alpha value is -1.10. The molecule has 0 aromatic carbocycles. The Bertz CT molecular complexity index is 194. The molecule has 0 spiro atoms. The Morgan fingerprint density at radius 1 is 1.27 bits per heavy atom. The zero-order chi connectivity index (χ0) is 11.5. The average Bonchev–Trinajstić information content (AvgIpc) is 2.17. The summed E-state index contributed by atoms with van der Waals surface area (Å²) < 4.78 is 5.10. The Balaban J connectivity index is 3.22. The van der Waals surface area contributed by atoms with Crippen molar-refractivity contribution in [2.45, 2.75) is 32.6 Å². The van der Waals surface area contributed by atoms with Gasteiger partial charge in [0.05, 0.1) is 0 Å². The van der Waals surface area contributed by atoms with Crippen molar-refractivity contribution in [3.05, 3.63) is 0 Å². The van der Waals surface area contributed by atoms with Crippen LogP contribution in [-0.2, 0) is 14.3 Å². The van der Waals surface area contributed by atoms with Crippen LogP contribution in [0.1, 0.15) is 32.6 Å². The van der Waals surface area contributed by atoms with Crippen molar-refractivity contribution >= 4 is 11.9 Å². The topological polar surface area (TPSA) is 75.6 Å². The van der Waals surface area contributed by atoms with Crippen molar-refractivity contribution < 1.29 is 19.4 Å². The van der Waals surface area contributed by atoms with Crippen molar-refractivity contribution in [2.75, 3.05) is 19.8 Å². The van der Waals surface area contributed by atoms with Crippen LogP contribution in [0.5, 0.6) is 0 Å². The normalized spacial score (nSPS) is 9.93. The maximum Gasteiger partial charge on any atom is 0.303 e. The van der Waals surface area contributed by atoms with Gasteiger partial charge in [0, 0.05) is 32.6 Å². The second-order valence-electron chi connectivity index (χ2n) is 3.15. The second kappa shape index (κ2) is 9.45. The molecule has 2 N–H and O–H groups in total. The largest absolute Gasteiger partial charge is 0.481 e. The number of carbonyl (C=O) groups excluding carboxylic acids is 1. The number of rotatable bonds is 9. The minimum atomic E-state index is -0.862. The number of hydrogen-bond acceptors (Lipinski definition) is 3. The molecule has 0 saturated carbocycles. The van der Waals surface area contributed by atoms with Crippen LogP contribution in [0.15, 0.2) is 0 Å². The van der Waals surface area contributed by atoms with Gasteiger partial charge in [-0.3, -0.25) is 9.59 Å². The van der Waals surface area contributed by atoms with Crippen LogP contribution >= 0.6 is 0 Å². The lowest BCUT2D eigenvalue weighted by Crippen LogP contribution is -2.25. The van der Waals surface area contributed by atoms with E-state index in [2.05, 4.69) is 5.32 Å². The molecule has 1 amide bonds. The van der Waals surface area contributed by atoms with Crippen molar-refractivity contribution in [3.63, 3.8) is 0 Å². The van der Waals surface area contributed by atoms with Gasteiger partial charge in [-0.25, -0.2) is 0 Å². The number of carboxylic acids is 1.